The van der Waals surface area contributed by atoms with Gasteiger partial charge in [0.2, 0.25) is 0 Å². The van der Waals surface area contributed by atoms with Crippen molar-refractivity contribution < 1.29 is 4.79 Å². The van der Waals surface area contributed by atoms with Crippen LogP contribution >= 0.6 is 0 Å². The SMILES string of the molecule is CC1C#CCC(=O)C=C1. The van der Waals surface area contributed by atoms with Gasteiger partial charge in [0, 0.05) is 5.92 Å². The summed E-state index contributed by atoms with van der Waals surface area (Å²) in [5.74, 6) is 6.07. The van der Waals surface area contributed by atoms with Gasteiger partial charge >= 0.3 is 0 Å². The molecule has 0 saturated carbocycles. The molecule has 0 aromatic rings. The van der Waals surface area contributed by atoms with Crippen molar-refractivity contribution >= 4 is 5.78 Å². The summed E-state index contributed by atoms with van der Waals surface area (Å²) in [7, 11) is 0. The van der Waals surface area contributed by atoms with Crippen LogP contribution in [0.25, 0.3) is 0 Å². The van der Waals surface area contributed by atoms with Gasteiger partial charge in [0.15, 0.2) is 5.78 Å². The molecule has 1 nitrogen and oxygen atoms in total. The van der Waals surface area contributed by atoms with Gasteiger partial charge in [-0.3, -0.25) is 4.79 Å². The van der Waals surface area contributed by atoms with E-state index in [-0.39, 0.29) is 11.7 Å². The Labute approximate surface area is 54.8 Å². The summed E-state index contributed by atoms with van der Waals surface area (Å²) in [6.45, 7) is 1.97. The molecule has 0 aromatic carbocycles. The highest BCUT2D eigenvalue weighted by Crippen LogP contribution is 1.99. The standard InChI is InChI=1S/C8H8O/c1-7-3-2-4-8(9)6-5-7/h5-7H,4H2,1H3. The van der Waals surface area contributed by atoms with E-state index >= 15 is 0 Å². The number of hydrogen-bond donors (Lipinski definition) is 0. The molecule has 0 N–H and O–H groups in total. The van der Waals surface area contributed by atoms with Crippen molar-refractivity contribution in [3.05, 3.63) is 12.2 Å². The first-order valence-corrected chi connectivity index (χ1v) is 2.98. The van der Waals surface area contributed by atoms with Crippen molar-refractivity contribution in [2.75, 3.05) is 0 Å². The monoisotopic (exact) mass is 120 g/mol. The second-order valence-electron chi connectivity index (χ2n) is 2.11. The van der Waals surface area contributed by atoms with Crippen LogP contribution in [0.4, 0.5) is 0 Å². The third kappa shape index (κ3) is 1.73. The number of allylic oxidation sites excluding steroid dienone is 2. The molecule has 46 valence electrons. The lowest BCUT2D eigenvalue weighted by Crippen LogP contribution is -1.86. The van der Waals surface area contributed by atoms with Crippen LogP contribution < -0.4 is 0 Å². The van der Waals surface area contributed by atoms with Gasteiger partial charge in [-0.25, -0.2) is 0 Å². The van der Waals surface area contributed by atoms with E-state index in [2.05, 4.69) is 11.8 Å². The molecule has 0 bridgehead atoms. The highest BCUT2D eigenvalue weighted by Gasteiger charge is 1.97. The molecule has 0 aromatic heterocycles. The van der Waals surface area contributed by atoms with Crippen LogP contribution in [0.3, 0.4) is 0 Å². The minimum atomic E-state index is 0.117. The Morgan fingerprint density at radius 3 is 3.33 bits per heavy atom. The largest absolute Gasteiger partial charge is 0.294 e. The van der Waals surface area contributed by atoms with Crippen molar-refractivity contribution in [3.63, 3.8) is 0 Å². The first-order valence-electron chi connectivity index (χ1n) is 2.98. The zero-order valence-electron chi connectivity index (χ0n) is 5.35. The predicted molar refractivity (Wildman–Crippen MR) is 35.7 cm³/mol. The maximum absolute atomic E-state index is 10.6. The van der Waals surface area contributed by atoms with Crippen LogP contribution in [0, 0.1) is 17.8 Å². The Morgan fingerprint density at radius 2 is 2.56 bits per heavy atom. The molecular formula is C8H8O. The number of carbonyl (C=O) groups excluding carboxylic acids is 1. The van der Waals surface area contributed by atoms with Gasteiger partial charge in [0.05, 0.1) is 6.42 Å². The molecule has 9 heavy (non-hydrogen) atoms. The molecular weight excluding hydrogens is 112 g/mol. The maximum atomic E-state index is 10.6. The van der Waals surface area contributed by atoms with Crippen LogP contribution in [0.15, 0.2) is 12.2 Å². The van der Waals surface area contributed by atoms with Crippen molar-refractivity contribution in [1.29, 1.82) is 0 Å². The lowest BCUT2D eigenvalue weighted by Gasteiger charge is -1.86. The molecule has 0 amide bonds. The molecule has 1 rings (SSSR count). The third-order valence-corrected chi connectivity index (χ3v) is 1.16. The Morgan fingerprint density at radius 1 is 1.78 bits per heavy atom. The normalized spacial score (nSPS) is 24.6. The molecule has 0 heterocycles. The summed E-state index contributed by atoms with van der Waals surface area (Å²) >= 11 is 0. The van der Waals surface area contributed by atoms with Gasteiger partial charge in [0.25, 0.3) is 0 Å². The Bertz CT molecular complexity index is 202. The van der Waals surface area contributed by atoms with Gasteiger partial charge < -0.3 is 0 Å². The van der Waals surface area contributed by atoms with E-state index in [1.54, 1.807) is 6.08 Å². The molecule has 0 fully saturated rings. The fraction of sp³-hybridized carbons (Fsp3) is 0.375. The van der Waals surface area contributed by atoms with Crippen LogP contribution in [0.1, 0.15) is 13.3 Å². The molecule has 0 saturated heterocycles. The number of ketones is 1. The first kappa shape index (κ1) is 6.10. The quantitative estimate of drug-likeness (QED) is 0.438. The van der Waals surface area contributed by atoms with E-state index in [0.717, 1.165) is 0 Å². The summed E-state index contributed by atoms with van der Waals surface area (Å²) in [6, 6.07) is 0. The van der Waals surface area contributed by atoms with Gasteiger partial charge in [-0.2, -0.15) is 0 Å². The zero-order chi connectivity index (χ0) is 6.69. The molecule has 0 aliphatic heterocycles. The van der Waals surface area contributed by atoms with E-state index in [1.165, 1.54) is 0 Å². The molecule has 0 spiro atoms. The van der Waals surface area contributed by atoms with Gasteiger partial charge in [0.1, 0.15) is 0 Å². The highest BCUT2D eigenvalue weighted by molar-refractivity contribution is 5.91. The summed E-state index contributed by atoms with van der Waals surface area (Å²) in [5.41, 5.74) is 0. The lowest BCUT2D eigenvalue weighted by atomic mass is 10.2. The van der Waals surface area contributed by atoms with Gasteiger partial charge in [-0.15, -0.1) is 0 Å². The Balaban J connectivity index is 2.75. The van der Waals surface area contributed by atoms with Gasteiger partial charge in [-0.05, 0) is 13.0 Å². The summed E-state index contributed by atoms with van der Waals surface area (Å²) in [6.07, 6.45) is 3.82. The smallest absolute Gasteiger partial charge is 0.167 e. The maximum Gasteiger partial charge on any atom is 0.167 e. The second-order valence-corrected chi connectivity index (χ2v) is 2.11. The van der Waals surface area contributed by atoms with Crippen LogP contribution in [-0.4, -0.2) is 5.78 Å². The fourth-order valence-corrected chi connectivity index (χ4v) is 0.658. The number of carbonyl (C=O) groups is 1. The minimum Gasteiger partial charge on any atom is -0.294 e. The van der Waals surface area contributed by atoms with E-state index in [1.807, 2.05) is 13.0 Å². The molecule has 1 heteroatoms. The second kappa shape index (κ2) is 2.50. The number of rotatable bonds is 0. The molecule has 1 aliphatic carbocycles. The molecule has 0 radical (unpaired) electrons. The Hall–Kier alpha value is -1.03. The topological polar surface area (TPSA) is 17.1 Å². The molecule has 1 unspecified atom stereocenters. The minimum absolute atomic E-state index is 0.117. The first-order chi connectivity index (χ1) is 4.29. The third-order valence-electron chi connectivity index (χ3n) is 1.16. The van der Waals surface area contributed by atoms with Gasteiger partial charge in [-0.1, -0.05) is 17.9 Å². The highest BCUT2D eigenvalue weighted by atomic mass is 16.1. The summed E-state index contributed by atoms with van der Waals surface area (Å²) < 4.78 is 0. The zero-order valence-corrected chi connectivity index (χ0v) is 5.35. The summed E-state index contributed by atoms with van der Waals surface area (Å²) in [5, 5.41) is 0. The van der Waals surface area contributed by atoms with E-state index in [4.69, 9.17) is 0 Å². The fourth-order valence-electron chi connectivity index (χ4n) is 0.658. The van der Waals surface area contributed by atoms with Crippen LogP contribution in [-0.2, 0) is 4.79 Å². The van der Waals surface area contributed by atoms with Crippen molar-refractivity contribution in [2.24, 2.45) is 5.92 Å². The van der Waals surface area contributed by atoms with Crippen LogP contribution in [0.5, 0.6) is 0 Å². The van der Waals surface area contributed by atoms with Crippen molar-refractivity contribution in [1.82, 2.24) is 0 Å². The lowest BCUT2D eigenvalue weighted by molar-refractivity contribution is -0.113. The van der Waals surface area contributed by atoms with E-state index < -0.39 is 0 Å². The average Bonchev–Trinajstić information content (AvgIpc) is 1.97. The van der Waals surface area contributed by atoms with Crippen molar-refractivity contribution in [2.45, 2.75) is 13.3 Å². The number of hydrogen-bond acceptors (Lipinski definition) is 1. The van der Waals surface area contributed by atoms with Crippen molar-refractivity contribution in [3.8, 4) is 11.8 Å². The predicted octanol–water partition coefficient (Wildman–Crippen LogP) is 1.15. The van der Waals surface area contributed by atoms with E-state index in [0.29, 0.717) is 6.42 Å². The average molecular weight is 120 g/mol. The van der Waals surface area contributed by atoms with E-state index in [9.17, 15) is 4.79 Å². The Kier molecular flexibility index (Phi) is 1.69. The molecule has 1 atom stereocenters. The van der Waals surface area contributed by atoms with Crippen LogP contribution in [0.2, 0.25) is 0 Å². The molecule has 1 aliphatic rings. The summed E-state index contributed by atoms with van der Waals surface area (Å²) in [4.78, 5) is 10.6.